The van der Waals surface area contributed by atoms with E-state index in [2.05, 4.69) is 13.8 Å². The first-order valence-corrected chi connectivity index (χ1v) is 7.61. The zero-order chi connectivity index (χ0) is 15.8. The molecule has 0 N–H and O–H groups in total. The summed E-state index contributed by atoms with van der Waals surface area (Å²) in [6, 6.07) is 0. The molecule has 0 heterocycles. The SMILES string of the molecule is CCC(C)COCCOCCOCCOCCOC(C)=O. The van der Waals surface area contributed by atoms with E-state index >= 15 is 0 Å². The highest BCUT2D eigenvalue weighted by Gasteiger charge is 1.98. The molecule has 1 unspecified atom stereocenters. The van der Waals surface area contributed by atoms with Crippen LogP contribution in [0.1, 0.15) is 27.2 Å². The van der Waals surface area contributed by atoms with Gasteiger partial charge in [-0.05, 0) is 5.92 Å². The van der Waals surface area contributed by atoms with E-state index in [4.69, 9.17) is 23.7 Å². The highest BCUT2D eigenvalue weighted by Crippen LogP contribution is 1.99. The van der Waals surface area contributed by atoms with Gasteiger partial charge in [-0.3, -0.25) is 4.79 Å². The summed E-state index contributed by atoms with van der Waals surface area (Å²) in [5.74, 6) is 0.314. The number of ether oxygens (including phenoxy) is 5. The summed E-state index contributed by atoms with van der Waals surface area (Å²) in [6.07, 6.45) is 1.14. The monoisotopic (exact) mass is 306 g/mol. The second kappa shape index (κ2) is 15.7. The van der Waals surface area contributed by atoms with Gasteiger partial charge in [-0.15, -0.1) is 0 Å². The Bertz CT molecular complexity index is 234. The van der Waals surface area contributed by atoms with Gasteiger partial charge in [0.1, 0.15) is 6.61 Å². The Balaban J connectivity index is 3.01. The Hall–Kier alpha value is -0.690. The third-order valence-electron chi connectivity index (χ3n) is 2.75. The molecule has 126 valence electrons. The van der Waals surface area contributed by atoms with Crippen LogP contribution in [-0.4, -0.2) is 65.4 Å². The molecule has 6 nitrogen and oxygen atoms in total. The largest absolute Gasteiger partial charge is 0.463 e. The van der Waals surface area contributed by atoms with E-state index in [1.807, 2.05) is 0 Å². The third kappa shape index (κ3) is 17.3. The van der Waals surface area contributed by atoms with Crippen LogP contribution in [0, 0.1) is 5.92 Å². The van der Waals surface area contributed by atoms with Crippen LogP contribution in [0.3, 0.4) is 0 Å². The van der Waals surface area contributed by atoms with Crippen LogP contribution in [0.15, 0.2) is 0 Å². The second-order valence-corrected chi connectivity index (χ2v) is 4.77. The average molecular weight is 306 g/mol. The van der Waals surface area contributed by atoms with E-state index in [0.29, 0.717) is 52.2 Å². The third-order valence-corrected chi connectivity index (χ3v) is 2.75. The van der Waals surface area contributed by atoms with Gasteiger partial charge >= 0.3 is 5.97 Å². The van der Waals surface area contributed by atoms with Crippen molar-refractivity contribution in [2.45, 2.75) is 27.2 Å². The summed E-state index contributed by atoms with van der Waals surface area (Å²) in [6.45, 7) is 10.5. The Kier molecular flexibility index (Phi) is 15.2. The van der Waals surface area contributed by atoms with Gasteiger partial charge in [0.15, 0.2) is 0 Å². The van der Waals surface area contributed by atoms with Crippen molar-refractivity contribution in [3.8, 4) is 0 Å². The van der Waals surface area contributed by atoms with Gasteiger partial charge in [0.05, 0.1) is 46.2 Å². The molecule has 0 radical (unpaired) electrons. The molecule has 0 saturated carbocycles. The van der Waals surface area contributed by atoms with Crippen molar-refractivity contribution in [2.24, 2.45) is 5.92 Å². The van der Waals surface area contributed by atoms with Crippen LogP contribution in [0.2, 0.25) is 0 Å². The van der Waals surface area contributed by atoms with Gasteiger partial charge in [-0.1, -0.05) is 20.3 Å². The molecule has 0 fully saturated rings. The molecular formula is C15H30O6. The topological polar surface area (TPSA) is 63.2 Å². The van der Waals surface area contributed by atoms with Gasteiger partial charge < -0.3 is 23.7 Å². The molecule has 0 aliphatic carbocycles. The summed E-state index contributed by atoms with van der Waals surface area (Å²) < 4.78 is 26.1. The van der Waals surface area contributed by atoms with Gasteiger partial charge in [0.25, 0.3) is 0 Å². The maximum absolute atomic E-state index is 10.5. The predicted octanol–water partition coefficient (Wildman–Crippen LogP) is 1.66. The zero-order valence-corrected chi connectivity index (χ0v) is 13.6. The van der Waals surface area contributed by atoms with E-state index < -0.39 is 0 Å². The van der Waals surface area contributed by atoms with Crippen molar-refractivity contribution >= 4 is 5.97 Å². The van der Waals surface area contributed by atoms with Crippen LogP contribution in [0.4, 0.5) is 0 Å². The van der Waals surface area contributed by atoms with Crippen molar-refractivity contribution in [1.82, 2.24) is 0 Å². The Morgan fingerprint density at radius 1 is 0.810 bits per heavy atom. The summed E-state index contributed by atoms with van der Waals surface area (Å²) in [7, 11) is 0. The summed E-state index contributed by atoms with van der Waals surface area (Å²) >= 11 is 0. The Morgan fingerprint density at radius 2 is 1.24 bits per heavy atom. The number of rotatable bonds is 15. The molecule has 0 rings (SSSR count). The number of hydrogen-bond donors (Lipinski definition) is 0. The van der Waals surface area contributed by atoms with E-state index in [0.717, 1.165) is 13.0 Å². The Labute approximate surface area is 128 Å². The normalized spacial score (nSPS) is 12.3. The summed E-state index contributed by atoms with van der Waals surface area (Å²) in [5.41, 5.74) is 0. The quantitative estimate of drug-likeness (QED) is 0.339. The molecule has 0 amide bonds. The fraction of sp³-hybridized carbons (Fsp3) is 0.933. The lowest BCUT2D eigenvalue weighted by Crippen LogP contribution is -2.14. The molecule has 21 heavy (non-hydrogen) atoms. The molecule has 0 aliphatic heterocycles. The highest BCUT2D eigenvalue weighted by molar-refractivity contribution is 5.65. The minimum absolute atomic E-state index is 0.287. The van der Waals surface area contributed by atoms with Gasteiger partial charge in [-0.2, -0.15) is 0 Å². The fourth-order valence-corrected chi connectivity index (χ4v) is 1.31. The molecule has 0 aliphatic rings. The van der Waals surface area contributed by atoms with E-state index in [-0.39, 0.29) is 12.6 Å². The van der Waals surface area contributed by atoms with Crippen molar-refractivity contribution in [3.05, 3.63) is 0 Å². The molecule has 0 aromatic rings. The minimum Gasteiger partial charge on any atom is -0.463 e. The summed E-state index contributed by atoms with van der Waals surface area (Å²) in [4.78, 5) is 10.5. The van der Waals surface area contributed by atoms with Crippen molar-refractivity contribution in [3.63, 3.8) is 0 Å². The fourth-order valence-electron chi connectivity index (χ4n) is 1.31. The Morgan fingerprint density at radius 3 is 1.67 bits per heavy atom. The molecule has 0 saturated heterocycles. The minimum atomic E-state index is -0.292. The van der Waals surface area contributed by atoms with Crippen LogP contribution in [0.5, 0.6) is 0 Å². The van der Waals surface area contributed by atoms with Crippen LogP contribution in [-0.2, 0) is 28.5 Å². The molecular weight excluding hydrogens is 276 g/mol. The van der Waals surface area contributed by atoms with Crippen molar-refractivity contribution in [2.75, 3.05) is 59.5 Å². The molecule has 6 heteroatoms. The van der Waals surface area contributed by atoms with Gasteiger partial charge in [0.2, 0.25) is 0 Å². The lowest BCUT2D eigenvalue weighted by molar-refractivity contribution is -0.142. The highest BCUT2D eigenvalue weighted by atomic mass is 16.6. The second-order valence-electron chi connectivity index (χ2n) is 4.77. The molecule has 1 atom stereocenters. The number of carbonyl (C=O) groups is 1. The maximum Gasteiger partial charge on any atom is 0.302 e. The number of hydrogen-bond acceptors (Lipinski definition) is 6. The smallest absolute Gasteiger partial charge is 0.302 e. The van der Waals surface area contributed by atoms with E-state index in [1.165, 1.54) is 6.92 Å². The standard InChI is InChI=1S/C15H30O6/c1-4-14(2)13-20-10-9-18-6-5-17-7-8-19-11-12-21-15(3)16/h14H,4-13H2,1-3H3. The first-order chi connectivity index (χ1) is 10.2. The van der Waals surface area contributed by atoms with Crippen molar-refractivity contribution in [1.29, 1.82) is 0 Å². The zero-order valence-electron chi connectivity index (χ0n) is 13.6. The van der Waals surface area contributed by atoms with Gasteiger partial charge in [-0.25, -0.2) is 0 Å². The van der Waals surface area contributed by atoms with E-state index in [9.17, 15) is 4.79 Å². The maximum atomic E-state index is 10.5. The lowest BCUT2D eigenvalue weighted by Gasteiger charge is -2.10. The average Bonchev–Trinajstić information content (AvgIpc) is 2.46. The first kappa shape index (κ1) is 20.3. The summed E-state index contributed by atoms with van der Waals surface area (Å²) in [5, 5.41) is 0. The molecule has 0 aromatic heterocycles. The van der Waals surface area contributed by atoms with Crippen LogP contribution >= 0.6 is 0 Å². The van der Waals surface area contributed by atoms with E-state index in [1.54, 1.807) is 0 Å². The lowest BCUT2D eigenvalue weighted by atomic mass is 10.1. The molecule has 0 bridgehead atoms. The van der Waals surface area contributed by atoms with Crippen LogP contribution in [0.25, 0.3) is 0 Å². The molecule has 0 spiro atoms. The van der Waals surface area contributed by atoms with Gasteiger partial charge in [0, 0.05) is 13.5 Å². The number of esters is 1. The predicted molar refractivity (Wildman–Crippen MR) is 79.4 cm³/mol. The van der Waals surface area contributed by atoms with Crippen molar-refractivity contribution < 1.29 is 28.5 Å². The first-order valence-electron chi connectivity index (χ1n) is 7.61. The number of carbonyl (C=O) groups excluding carboxylic acids is 1. The van der Waals surface area contributed by atoms with Crippen LogP contribution < -0.4 is 0 Å². The molecule has 0 aromatic carbocycles.